The second-order valence-electron chi connectivity index (χ2n) is 4.35. The molecule has 0 amide bonds. The third-order valence-electron chi connectivity index (χ3n) is 2.67. The number of hydrazine groups is 1. The molecule has 1 aromatic rings. The zero-order chi connectivity index (χ0) is 14.3. The summed E-state index contributed by atoms with van der Waals surface area (Å²) in [6.07, 6.45) is 1.16. The van der Waals surface area contributed by atoms with E-state index in [1.165, 1.54) is 0 Å². The molecule has 0 spiro atoms. The normalized spacial score (nSPS) is 12.3. The van der Waals surface area contributed by atoms with E-state index in [4.69, 9.17) is 10.6 Å². The fourth-order valence-electron chi connectivity index (χ4n) is 1.68. The van der Waals surface area contributed by atoms with Crippen molar-refractivity contribution in [2.75, 3.05) is 31.0 Å². The fraction of sp³-hybridized carbons (Fsp3) is 0.667. The third-order valence-corrected chi connectivity index (χ3v) is 2.67. The molecule has 1 rings (SSSR count). The molecule has 0 aliphatic heterocycles. The topological polar surface area (TPSA) is 105 Å². The van der Waals surface area contributed by atoms with E-state index in [1.807, 2.05) is 6.92 Å². The van der Waals surface area contributed by atoms with Crippen molar-refractivity contribution in [1.82, 2.24) is 9.97 Å². The summed E-state index contributed by atoms with van der Waals surface area (Å²) in [6.45, 7) is 4.58. The van der Waals surface area contributed by atoms with Gasteiger partial charge in [-0.15, -0.1) is 0 Å². The summed E-state index contributed by atoms with van der Waals surface area (Å²) >= 11 is 0. The Bertz CT molecular complexity index is 400. The van der Waals surface area contributed by atoms with Gasteiger partial charge in [-0.3, -0.25) is 0 Å². The Morgan fingerprint density at radius 1 is 1.37 bits per heavy atom. The molecule has 108 valence electrons. The lowest BCUT2D eigenvalue weighted by Gasteiger charge is -2.15. The lowest BCUT2D eigenvalue weighted by atomic mass is 10.2. The van der Waals surface area contributed by atoms with Gasteiger partial charge in [0.25, 0.3) is 0 Å². The highest BCUT2D eigenvalue weighted by Gasteiger charge is 2.11. The number of aliphatic hydroxyl groups excluding tert-OH is 1. The molecule has 19 heavy (non-hydrogen) atoms. The third kappa shape index (κ3) is 4.62. The Kier molecular flexibility index (Phi) is 6.48. The Morgan fingerprint density at radius 2 is 2.05 bits per heavy atom. The number of hydrogen-bond donors (Lipinski definition) is 4. The molecule has 1 heterocycles. The molecule has 5 N–H and O–H groups in total. The second kappa shape index (κ2) is 7.88. The van der Waals surface area contributed by atoms with E-state index in [2.05, 4.69) is 27.6 Å². The van der Waals surface area contributed by atoms with Crippen LogP contribution in [0.3, 0.4) is 0 Å². The minimum absolute atomic E-state index is 0.279. The molecular formula is C12H23N5O2. The predicted octanol–water partition coefficient (Wildman–Crippen LogP) is 0.442. The fourth-order valence-corrected chi connectivity index (χ4v) is 1.68. The number of methoxy groups -OCH3 is 1. The van der Waals surface area contributed by atoms with Gasteiger partial charge < -0.3 is 20.6 Å². The summed E-state index contributed by atoms with van der Waals surface area (Å²) < 4.78 is 4.87. The van der Waals surface area contributed by atoms with Crippen LogP contribution in [0, 0.1) is 6.92 Å². The number of nitrogens with zero attached hydrogens (tertiary/aromatic N) is 2. The van der Waals surface area contributed by atoms with Crippen LogP contribution in [0.5, 0.6) is 0 Å². The monoisotopic (exact) mass is 269 g/mol. The first-order valence-electron chi connectivity index (χ1n) is 6.37. The van der Waals surface area contributed by atoms with Crippen LogP contribution < -0.4 is 16.6 Å². The Morgan fingerprint density at radius 3 is 2.63 bits per heavy atom. The van der Waals surface area contributed by atoms with Crippen LogP contribution >= 0.6 is 0 Å². The number of hydrogen-bond acceptors (Lipinski definition) is 7. The molecule has 0 bridgehead atoms. The summed E-state index contributed by atoms with van der Waals surface area (Å²) in [6, 6.07) is 0. The standard InChI is InChI=1S/C12H23N5O2/c1-4-5-10-15-11(8(2)12(16-10)17-13)14-6-9(18)7-19-3/h9,18H,4-7,13H2,1-3H3,(H2,14,15,16,17). The first-order chi connectivity index (χ1) is 9.12. The Hall–Kier alpha value is -1.44. The van der Waals surface area contributed by atoms with Crippen molar-refractivity contribution in [1.29, 1.82) is 0 Å². The maximum atomic E-state index is 9.63. The van der Waals surface area contributed by atoms with Gasteiger partial charge in [-0.2, -0.15) is 0 Å². The molecule has 7 heteroatoms. The number of ether oxygens (including phenoxy) is 1. The maximum Gasteiger partial charge on any atom is 0.148 e. The number of nitrogens with two attached hydrogens (primary N) is 1. The zero-order valence-electron chi connectivity index (χ0n) is 11.7. The molecule has 0 saturated carbocycles. The number of nitrogen functional groups attached to an aromatic ring is 1. The molecule has 0 aliphatic carbocycles. The van der Waals surface area contributed by atoms with Crippen LogP contribution in [0.4, 0.5) is 11.6 Å². The van der Waals surface area contributed by atoms with Gasteiger partial charge in [0.05, 0.1) is 12.7 Å². The first-order valence-corrected chi connectivity index (χ1v) is 6.37. The highest BCUT2D eigenvalue weighted by atomic mass is 16.5. The quantitative estimate of drug-likeness (QED) is 0.401. The van der Waals surface area contributed by atoms with Gasteiger partial charge >= 0.3 is 0 Å². The number of anilines is 2. The predicted molar refractivity (Wildman–Crippen MR) is 74.9 cm³/mol. The van der Waals surface area contributed by atoms with Crippen LogP contribution in [0.1, 0.15) is 24.7 Å². The van der Waals surface area contributed by atoms with Crippen molar-refractivity contribution in [3.8, 4) is 0 Å². The smallest absolute Gasteiger partial charge is 0.148 e. The number of rotatable bonds is 8. The average molecular weight is 269 g/mol. The van der Waals surface area contributed by atoms with E-state index < -0.39 is 6.10 Å². The highest BCUT2D eigenvalue weighted by molar-refractivity contribution is 5.56. The van der Waals surface area contributed by atoms with E-state index in [-0.39, 0.29) is 6.61 Å². The zero-order valence-corrected chi connectivity index (χ0v) is 11.7. The van der Waals surface area contributed by atoms with E-state index in [1.54, 1.807) is 7.11 Å². The van der Waals surface area contributed by atoms with Gasteiger partial charge in [-0.1, -0.05) is 6.92 Å². The van der Waals surface area contributed by atoms with Crippen LogP contribution in [0.2, 0.25) is 0 Å². The number of aromatic nitrogens is 2. The second-order valence-corrected chi connectivity index (χ2v) is 4.35. The largest absolute Gasteiger partial charge is 0.389 e. The average Bonchev–Trinajstić information content (AvgIpc) is 2.39. The van der Waals surface area contributed by atoms with Gasteiger partial charge in [0.2, 0.25) is 0 Å². The molecule has 0 radical (unpaired) electrons. The van der Waals surface area contributed by atoms with E-state index >= 15 is 0 Å². The first kappa shape index (κ1) is 15.6. The van der Waals surface area contributed by atoms with Crippen LogP contribution in [0.25, 0.3) is 0 Å². The van der Waals surface area contributed by atoms with Gasteiger partial charge in [0.1, 0.15) is 17.5 Å². The molecule has 0 saturated heterocycles. The van der Waals surface area contributed by atoms with E-state index in [9.17, 15) is 5.11 Å². The minimum atomic E-state index is -0.580. The molecule has 0 aliphatic rings. The van der Waals surface area contributed by atoms with Gasteiger partial charge in [0.15, 0.2) is 0 Å². The summed E-state index contributed by atoms with van der Waals surface area (Å²) in [5.74, 6) is 7.46. The molecular weight excluding hydrogens is 246 g/mol. The SMILES string of the molecule is CCCc1nc(NN)c(C)c(NCC(O)COC)n1. The van der Waals surface area contributed by atoms with Crippen LogP contribution in [-0.2, 0) is 11.2 Å². The molecule has 1 atom stereocenters. The highest BCUT2D eigenvalue weighted by Crippen LogP contribution is 2.19. The van der Waals surface area contributed by atoms with Gasteiger partial charge in [-0.05, 0) is 13.3 Å². The van der Waals surface area contributed by atoms with Crippen molar-refractivity contribution in [3.05, 3.63) is 11.4 Å². The molecule has 7 nitrogen and oxygen atoms in total. The molecule has 0 aromatic carbocycles. The summed E-state index contributed by atoms with van der Waals surface area (Å²) in [5, 5.41) is 12.7. The van der Waals surface area contributed by atoms with Crippen LogP contribution in [-0.4, -0.2) is 41.4 Å². The summed E-state index contributed by atoms with van der Waals surface area (Å²) in [4.78, 5) is 8.76. The number of aryl methyl sites for hydroxylation is 1. The Balaban J connectivity index is 2.82. The van der Waals surface area contributed by atoms with Crippen molar-refractivity contribution in [2.45, 2.75) is 32.8 Å². The van der Waals surface area contributed by atoms with Gasteiger partial charge in [-0.25, -0.2) is 15.8 Å². The Labute approximate surface area is 113 Å². The molecule has 0 fully saturated rings. The lowest BCUT2D eigenvalue weighted by Crippen LogP contribution is -2.25. The van der Waals surface area contributed by atoms with Crippen molar-refractivity contribution >= 4 is 11.6 Å². The molecule has 1 aromatic heterocycles. The minimum Gasteiger partial charge on any atom is -0.389 e. The van der Waals surface area contributed by atoms with E-state index in [0.29, 0.717) is 18.2 Å². The summed E-state index contributed by atoms with van der Waals surface area (Å²) in [7, 11) is 1.55. The van der Waals surface area contributed by atoms with Crippen molar-refractivity contribution in [3.63, 3.8) is 0 Å². The number of aliphatic hydroxyl groups is 1. The van der Waals surface area contributed by atoms with Crippen LogP contribution in [0.15, 0.2) is 0 Å². The number of nitrogens with one attached hydrogen (secondary N) is 2. The molecule has 1 unspecified atom stereocenters. The lowest BCUT2D eigenvalue weighted by molar-refractivity contribution is 0.0727. The van der Waals surface area contributed by atoms with Crippen molar-refractivity contribution < 1.29 is 9.84 Å². The van der Waals surface area contributed by atoms with Crippen molar-refractivity contribution in [2.24, 2.45) is 5.84 Å². The summed E-state index contributed by atoms with van der Waals surface area (Å²) in [5.41, 5.74) is 3.39. The van der Waals surface area contributed by atoms with E-state index in [0.717, 1.165) is 24.2 Å². The van der Waals surface area contributed by atoms with Gasteiger partial charge in [0, 0.05) is 25.6 Å². The maximum absolute atomic E-state index is 9.63.